The van der Waals surface area contributed by atoms with Crippen molar-refractivity contribution in [2.75, 3.05) is 17.2 Å². The van der Waals surface area contributed by atoms with Crippen molar-refractivity contribution in [3.63, 3.8) is 0 Å². The van der Waals surface area contributed by atoms with E-state index < -0.39 is 10.0 Å². The van der Waals surface area contributed by atoms with Gasteiger partial charge in [0.1, 0.15) is 4.90 Å². The van der Waals surface area contributed by atoms with Gasteiger partial charge >= 0.3 is 0 Å². The van der Waals surface area contributed by atoms with Gasteiger partial charge in [-0.1, -0.05) is 19.3 Å². The molecule has 0 amide bonds. The highest BCUT2D eigenvalue weighted by molar-refractivity contribution is 7.89. The van der Waals surface area contributed by atoms with Crippen molar-refractivity contribution in [1.82, 2.24) is 0 Å². The molecule has 0 spiro atoms. The third kappa shape index (κ3) is 3.24. The first-order valence-electron chi connectivity index (χ1n) is 7.12. The standard InChI is InChI=1S/C14H23N3O2S/c1-2-17(11-6-4-3-5-7-11)12-8-9-14(13(15)10-12)20(16,18)19/h8-11H,2-7,15H2,1H3,(H2,16,18,19). The molecular weight excluding hydrogens is 274 g/mol. The molecule has 0 atom stereocenters. The third-order valence-corrected chi connectivity index (χ3v) is 4.97. The largest absolute Gasteiger partial charge is 0.398 e. The number of nitrogen functional groups attached to an aromatic ring is 1. The summed E-state index contributed by atoms with van der Waals surface area (Å²) in [5, 5.41) is 5.14. The molecule has 0 heterocycles. The van der Waals surface area contributed by atoms with Gasteiger partial charge < -0.3 is 10.6 Å². The molecule has 0 saturated heterocycles. The quantitative estimate of drug-likeness (QED) is 0.833. The Morgan fingerprint density at radius 3 is 2.40 bits per heavy atom. The third-order valence-electron chi connectivity index (χ3n) is 3.99. The highest BCUT2D eigenvalue weighted by atomic mass is 32.2. The fourth-order valence-corrected chi connectivity index (χ4v) is 3.66. The molecule has 1 fully saturated rings. The molecule has 0 bridgehead atoms. The zero-order valence-corrected chi connectivity index (χ0v) is 12.7. The Labute approximate surface area is 121 Å². The molecule has 0 radical (unpaired) electrons. The van der Waals surface area contributed by atoms with Crippen LogP contribution < -0.4 is 15.8 Å². The second-order valence-corrected chi connectivity index (χ2v) is 6.87. The summed E-state index contributed by atoms with van der Waals surface area (Å²) in [4.78, 5) is 2.31. The smallest absolute Gasteiger partial charge is 0.240 e. The van der Waals surface area contributed by atoms with E-state index in [9.17, 15) is 8.42 Å². The monoisotopic (exact) mass is 297 g/mol. The minimum atomic E-state index is -3.75. The number of benzene rings is 1. The molecule has 0 aliphatic heterocycles. The van der Waals surface area contributed by atoms with Crippen LogP contribution in [0.3, 0.4) is 0 Å². The van der Waals surface area contributed by atoms with Crippen LogP contribution in [0, 0.1) is 0 Å². The number of rotatable bonds is 4. The maximum Gasteiger partial charge on any atom is 0.240 e. The van der Waals surface area contributed by atoms with Crippen LogP contribution in [0.4, 0.5) is 11.4 Å². The van der Waals surface area contributed by atoms with Crippen molar-refractivity contribution < 1.29 is 8.42 Å². The van der Waals surface area contributed by atoms with Crippen LogP contribution in [0.25, 0.3) is 0 Å². The van der Waals surface area contributed by atoms with Gasteiger partial charge in [0.25, 0.3) is 0 Å². The van der Waals surface area contributed by atoms with Crippen molar-refractivity contribution in [2.45, 2.75) is 50.0 Å². The molecule has 4 N–H and O–H groups in total. The number of hydrogen-bond acceptors (Lipinski definition) is 4. The van der Waals surface area contributed by atoms with Crippen molar-refractivity contribution >= 4 is 21.4 Å². The Morgan fingerprint density at radius 2 is 1.90 bits per heavy atom. The van der Waals surface area contributed by atoms with Crippen LogP contribution in [-0.4, -0.2) is 21.0 Å². The lowest BCUT2D eigenvalue weighted by Crippen LogP contribution is -2.36. The van der Waals surface area contributed by atoms with Gasteiger partial charge in [-0.25, -0.2) is 13.6 Å². The minimum Gasteiger partial charge on any atom is -0.398 e. The summed E-state index contributed by atoms with van der Waals surface area (Å²) >= 11 is 0. The Morgan fingerprint density at radius 1 is 1.25 bits per heavy atom. The number of sulfonamides is 1. The van der Waals surface area contributed by atoms with E-state index in [-0.39, 0.29) is 10.6 Å². The molecule has 20 heavy (non-hydrogen) atoms. The topological polar surface area (TPSA) is 89.4 Å². The predicted molar refractivity (Wildman–Crippen MR) is 82.1 cm³/mol. The van der Waals surface area contributed by atoms with E-state index in [1.807, 2.05) is 0 Å². The number of nitrogens with zero attached hydrogens (tertiary/aromatic N) is 1. The Bertz CT molecular complexity index is 566. The van der Waals surface area contributed by atoms with Gasteiger partial charge in [0.2, 0.25) is 10.0 Å². The molecule has 112 valence electrons. The Hall–Kier alpha value is -1.27. The number of nitrogens with two attached hydrogens (primary N) is 2. The van der Waals surface area contributed by atoms with E-state index in [1.165, 1.54) is 38.2 Å². The molecule has 0 unspecified atom stereocenters. The van der Waals surface area contributed by atoms with Crippen LogP contribution >= 0.6 is 0 Å². The van der Waals surface area contributed by atoms with Gasteiger partial charge in [-0.05, 0) is 38.0 Å². The lowest BCUT2D eigenvalue weighted by molar-refractivity contribution is 0.418. The van der Waals surface area contributed by atoms with E-state index >= 15 is 0 Å². The predicted octanol–water partition coefficient (Wildman–Crippen LogP) is 2.08. The molecule has 1 saturated carbocycles. The molecule has 5 nitrogen and oxygen atoms in total. The van der Waals surface area contributed by atoms with Gasteiger partial charge in [-0.2, -0.15) is 0 Å². The van der Waals surface area contributed by atoms with Crippen LogP contribution in [0.5, 0.6) is 0 Å². The summed E-state index contributed by atoms with van der Waals surface area (Å²) in [6.07, 6.45) is 6.19. The fraction of sp³-hybridized carbons (Fsp3) is 0.571. The minimum absolute atomic E-state index is 0.000877. The summed E-state index contributed by atoms with van der Waals surface area (Å²) in [6.45, 7) is 3.00. The summed E-state index contributed by atoms with van der Waals surface area (Å²) in [7, 11) is -3.75. The van der Waals surface area contributed by atoms with Crippen molar-refractivity contribution in [3.8, 4) is 0 Å². The molecule has 1 aromatic rings. The summed E-state index contributed by atoms with van der Waals surface area (Å²) in [5.41, 5.74) is 7.04. The van der Waals surface area contributed by atoms with E-state index in [4.69, 9.17) is 10.9 Å². The lowest BCUT2D eigenvalue weighted by atomic mass is 9.94. The van der Waals surface area contributed by atoms with Crippen molar-refractivity contribution in [3.05, 3.63) is 18.2 Å². The first-order chi connectivity index (χ1) is 9.43. The van der Waals surface area contributed by atoms with Crippen LogP contribution in [0.1, 0.15) is 39.0 Å². The van der Waals surface area contributed by atoms with E-state index in [1.54, 1.807) is 12.1 Å². The van der Waals surface area contributed by atoms with E-state index in [2.05, 4.69) is 11.8 Å². The molecule has 1 aliphatic rings. The molecule has 1 aliphatic carbocycles. The fourth-order valence-electron chi connectivity index (χ4n) is 3.02. The Kier molecular flexibility index (Phi) is 4.55. The van der Waals surface area contributed by atoms with Crippen LogP contribution in [0.2, 0.25) is 0 Å². The second-order valence-electron chi connectivity index (χ2n) is 5.34. The number of hydrogen-bond donors (Lipinski definition) is 2. The lowest BCUT2D eigenvalue weighted by Gasteiger charge is -2.35. The maximum atomic E-state index is 11.4. The van der Waals surface area contributed by atoms with Crippen LogP contribution in [0.15, 0.2) is 23.1 Å². The zero-order valence-electron chi connectivity index (χ0n) is 11.9. The Balaban J connectivity index is 2.29. The highest BCUT2D eigenvalue weighted by Gasteiger charge is 2.21. The van der Waals surface area contributed by atoms with E-state index in [0.717, 1.165) is 12.2 Å². The first-order valence-corrected chi connectivity index (χ1v) is 8.67. The van der Waals surface area contributed by atoms with Gasteiger partial charge in [-0.3, -0.25) is 0 Å². The van der Waals surface area contributed by atoms with Crippen molar-refractivity contribution in [1.29, 1.82) is 0 Å². The molecular formula is C14H23N3O2S. The normalized spacial score (nSPS) is 17.1. The molecule has 2 rings (SSSR count). The second kappa shape index (κ2) is 6.01. The average molecular weight is 297 g/mol. The summed E-state index contributed by atoms with van der Waals surface area (Å²) in [6, 6.07) is 5.55. The molecule has 6 heteroatoms. The summed E-state index contributed by atoms with van der Waals surface area (Å²) < 4.78 is 22.8. The van der Waals surface area contributed by atoms with Gasteiger partial charge in [-0.15, -0.1) is 0 Å². The van der Waals surface area contributed by atoms with Gasteiger partial charge in [0.05, 0.1) is 5.69 Å². The number of anilines is 2. The number of primary sulfonamides is 1. The molecule has 1 aromatic carbocycles. The average Bonchev–Trinajstić information content (AvgIpc) is 2.39. The SMILES string of the molecule is CCN(c1ccc(S(N)(=O)=O)c(N)c1)C1CCCCC1. The van der Waals surface area contributed by atoms with Gasteiger partial charge in [0.15, 0.2) is 0 Å². The highest BCUT2D eigenvalue weighted by Crippen LogP contribution is 2.30. The van der Waals surface area contributed by atoms with Crippen LogP contribution in [-0.2, 0) is 10.0 Å². The first kappa shape index (κ1) is 15.1. The summed E-state index contributed by atoms with van der Waals surface area (Å²) in [5.74, 6) is 0. The van der Waals surface area contributed by atoms with Crippen molar-refractivity contribution in [2.24, 2.45) is 5.14 Å². The molecule has 0 aromatic heterocycles. The van der Waals surface area contributed by atoms with Gasteiger partial charge in [0, 0.05) is 18.3 Å². The maximum absolute atomic E-state index is 11.4. The van der Waals surface area contributed by atoms with E-state index in [0.29, 0.717) is 6.04 Å². The zero-order chi connectivity index (χ0) is 14.8.